The summed E-state index contributed by atoms with van der Waals surface area (Å²) in [6.45, 7) is 1.34. The zero-order chi connectivity index (χ0) is 20.5. The number of esters is 1. The standard InChI is InChI=1S/C20H20ClFN2O4/c1-13-16(21)4-2-5-17(13)24-19(26)12-28-20(27)7-3-6-18(25)23-15-10-8-14(22)9-11-15/h2,4-5,8-11H,3,6-7,12H2,1H3,(H,23,25)(H,24,26). The minimum atomic E-state index is -0.576. The summed E-state index contributed by atoms with van der Waals surface area (Å²) in [6.07, 6.45) is 0.363. The van der Waals surface area contributed by atoms with Crippen molar-refractivity contribution in [2.45, 2.75) is 26.2 Å². The maximum Gasteiger partial charge on any atom is 0.306 e. The van der Waals surface area contributed by atoms with Gasteiger partial charge in [0.25, 0.3) is 5.91 Å². The van der Waals surface area contributed by atoms with Crippen LogP contribution in [0.25, 0.3) is 0 Å². The fraction of sp³-hybridized carbons (Fsp3) is 0.250. The SMILES string of the molecule is Cc1c(Cl)cccc1NC(=O)COC(=O)CCCC(=O)Nc1ccc(F)cc1. The fourth-order valence-corrected chi connectivity index (χ4v) is 2.47. The second-order valence-corrected chi connectivity index (χ2v) is 6.44. The summed E-state index contributed by atoms with van der Waals surface area (Å²) >= 11 is 5.98. The summed E-state index contributed by atoms with van der Waals surface area (Å²) in [4.78, 5) is 35.3. The molecule has 0 atom stereocenters. The van der Waals surface area contributed by atoms with Gasteiger partial charge in [-0.25, -0.2) is 4.39 Å². The van der Waals surface area contributed by atoms with Gasteiger partial charge < -0.3 is 15.4 Å². The number of rotatable bonds is 8. The van der Waals surface area contributed by atoms with Crippen molar-refractivity contribution in [3.63, 3.8) is 0 Å². The maximum atomic E-state index is 12.8. The van der Waals surface area contributed by atoms with E-state index in [9.17, 15) is 18.8 Å². The molecule has 0 radical (unpaired) electrons. The average molecular weight is 407 g/mol. The Hall–Kier alpha value is -2.93. The van der Waals surface area contributed by atoms with Crippen molar-refractivity contribution in [3.8, 4) is 0 Å². The van der Waals surface area contributed by atoms with E-state index < -0.39 is 24.3 Å². The Morgan fingerprint density at radius 2 is 1.71 bits per heavy atom. The third kappa shape index (κ3) is 7.00. The second kappa shape index (κ2) is 10.4. The molecule has 0 fully saturated rings. The number of amides is 2. The lowest BCUT2D eigenvalue weighted by Crippen LogP contribution is -2.21. The Labute approximate surface area is 167 Å². The molecule has 8 heteroatoms. The van der Waals surface area contributed by atoms with Crippen LogP contribution in [-0.4, -0.2) is 24.4 Å². The van der Waals surface area contributed by atoms with Gasteiger partial charge in [-0.2, -0.15) is 0 Å². The van der Waals surface area contributed by atoms with Crippen molar-refractivity contribution in [2.24, 2.45) is 0 Å². The van der Waals surface area contributed by atoms with Gasteiger partial charge in [0.05, 0.1) is 0 Å². The maximum absolute atomic E-state index is 12.8. The van der Waals surface area contributed by atoms with Gasteiger partial charge in [0, 0.05) is 29.2 Å². The zero-order valence-electron chi connectivity index (χ0n) is 15.3. The Morgan fingerprint density at radius 1 is 1.00 bits per heavy atom. The second-order valence-electron chi connectivity index (χ2n) is 6.03. The van der Waals surface area contributed by atoms with Crippen molar-refractivity contribution >= 4 is 40.8 Å². The molecule has 2 aromatic rings. The number of carbonyl (C=O) groups excluding carboxylic acids is 3. The first-order valence-electron chi connectivity index (χ1n) is 8.61. The van der Waals surface area contributed by atoms with Crippen molar-refractivity contribution in [1.82, 2.24) is 0 Å². The van der Waals surface area contributed by atoms with Crippen molar-refractivity contribution < 1.29 is 23.5 Å². The first-order chi connectivity index (χ1) is 13.3. The summed E-state index contributed by atoms with van der Waals surface area (Å²) in [7, 11) is 0. The third-order valence-electron chi connectivity index (χ3n) is 3.82. The number of hydrogen-bond acceptors (Lipinski definition) is 4. The van der Waals surface area contributed by atoms with Gasteiger partial charge in [0.2, 0.25) is 5.91 Å². The highest BCUT2D eigenvalue weighted by Gasteiger charge is 2.11. The molecule has 2 N–H and O–H groups in total. The van der Waals surface area contributed by atoms with Crippen molar-refractivity contribution in [1.29, 1.82) is 0 Å². The molecule has 0 aromatic heterocycles. The Morgan fingerprint density at radius 3 is 2.43 bits per heavy atom. The molecule has 2 rings (SSSR count). The Bertz CT molecular complexity index is 856. The van der Waals surface area contributed by atoms with Gasteiger partial charge >= 0.3 is 5.97 Å². The Kier molecular flexibility index (Phi) is 7.95. The predicted molar refractivity (Wildman–Crippen MR) is 105 cm³/mol. The highest BCUT2D eigenvalue weighted by molar-refractivity contribution is 6.31. The van der Waals surface area contributed by atoms with Crippen LogP contribution in [0, 0.1) is 12.7 Å². The summed E-state index contributed by atoms with van der Waals surface area (Å²) in [5.41, 5.74) is 1.74. The predicted octanol–water partition coefficient (Wildman–Crippen LogP) is 4.08. The minimum absolute atomic E-state index is 0.000308. The number of nitrogens with one attached hydrogen (secondary N) is 2. The lowest BCUT2D eigenvalue weighted by atomic mass is 10.2. The third-order valence-corrected chi connectivity index (χ3v) is 4.23. The molecule has 0 saturated carbocycles. The van der Waals surface area contributed by atoms with E-state index in [4.69, 9.17) is 16.3 Å². The number of anilines is 2. The summed E-state index contributed by atoms with van der Waals surface area (Å²) in [6, 6.07) is 10.5. The van der Waals surface area contributed by atoms with E-state index in [1.807, 2.05) is 0 Å². The number of ether oxygens (including phenoxy) is 1. The van der Waals surface area contributed by atoms with Crippen LogP contribution in [-0.2, 0) is 19.1 Å². The van der Waals surface area contributed by atoms with Crippen LogP contribution in [0.2, 0.25) is 5.02 Å². The summed E-state index contributed by atoms with van der Waals surface area (Å²) < 4.78 is 17.7. The topological polar surface area (TPSA) is 84.5 Å². The molecule has 2 aromatic carbocycles. The molecule has 0 aliphatic heterocycles. The first kappa shape index (κ1) is 21.4. The van der Waals surface area contributed by atoms with E-state index in [0.29, 0.717) is 16.4 Å². The molecular formula is C20H20ClFN2O4. The molecule has 0 unspecified atom stereocenters. The molecule has 0 aliphatic rings. The van der Waals surface area contributed by atoms with Crippen LogP contribution in [0.4, 0.5) is 15.8 Å². The highest BCUT2D eigenvalue weighted by Crippen LogP contribution is 2.22. The zero-order valence-corrected chi connectivity index (χ0v) is 16.0. The van der Waals surface area contributed by atoms with Gasteiger partial charge in [-0.1, -0.05) is 17.7 Å². The van der Waals surface area contributed by atoms with Gasteiger partial charge in [-0.15, -0.1) is 0 Å². The number of halogens is 2. The number of benzene rings is 2. The summed E-state index contributed by atoms with van der Waals surface area (Å²) in [5.74, 6) is -1.75. The minimum Gasteiger partial charge on any atom is -0.456 e. The van der Waals surface area contributed by atoms with Gasteiger partial charge in [-0.3, -0.25) is 14.4 Å². The molecule has 28 heavy (non-hydrogen) atoms. The lowest BCUT2D eigenvalue weighted by molar-refractivity contribution is -0.147. The summed E-state index contributed by atoms with van der Waals surface area (Å²) in [5, 5.41) is 5.74. The highest BCUT2D eigenvalue weighted by atomic mass is 35.5. The van der Waals surface area contributed by atoms with Crippen LogP contribution in [0.3, 0.4) is 0 Å². The van der Waals surface area contributed by atoms with Gasteiger partial charge in [0.15, 0.2) is 6.61 Å². The van der Waals surface area contributed by atoms with Crippen LogP contribution < -0.4 is 10.6 Å². The molecule has 0 spiro atoms. The number of hydrogen-bond donors (Lipinski definition) is 2. The molecule has 0 aliphatic carbocycles. The van der Waals surface area contributed by atoms with Crippen LogP contribution >= 0.6 is 11.6 Å². The quantitative estimate of drug-likeness (QED) is 0.647. The largest absolute Gasteiger partial charge is 0.456 e. The monoisotopic (exact) mass is 406 g/mol. The normalized spacial score (nSPS) is 10.2. The molecule has 2 amide bonds. The first-order valence-corrected chi connectivity index (χ1v) is 8.99. The van der Waals surface area contributed by atoms with E-state index in [2.05, 4.69) is 10.6 Å². The Balaban J connectivity index is 1.65. The number of carbonyl (C=O) groups is 3. The lowest BCUT2D eigenvalue weighted by Gasteiger charge is -2.10. The van der Waals surface area contributed by atoms with E-state index in [-0.39, 0.29) is 25.2 Å². The molecule has 148 valence electrons. The molecule has 0 saturated heterocycles. The molecular weight excluding hydrogens is 387 g/mol. The fourth-order valence-electron chi connectivity index (χ4n) is 2.30. The van der Waals surface area contributed by atoms with Crippen LogP contribution in [0.1, 0.15) is 24.8 Å². The van der Waals surface area contributed by atoms with E-state index in [1.54, 1.807) is 25.1 Å². The van der Waals surface area contributed by atoms with Gasteiger partial charge in [-0.05, 0) is 55.3 Å². The van der Waals surface area contributed by atoms with Crippen LogP contribution in [0.5, 0.6) is 0 Å². The van der Waals surface area contributed by atoms with Gasteiger partial charge in [0.1, 0.15) is 5.82 Å². The molecule has 0 heterocycles. The van der Waals surface area contributed by atoms with Crippen molar-refractivity contribution in [3.05, 3.63) is 58.9 Å². The van der Waals surface area contributed by atoms with Crippen LogP contribution in [0.15, 0.2) is 42.5 Å². The molecule has 0 bridgehead atoms. The average Bonchev–Trinajstić information content (AvgIpc) is 2.66. The van der Waals surface area contributed by atoms with E-state index in [0.717, 1.165) is 5.56 Å². The van der Waals surface area contributed by atoms with Crippen molar-refractivity contribution in [2.75, 3.05) is 17.2 Å². The van der Waals surface area contributed by atoms with E-state index in [1.165, 1.54) is 24.3 Å². The smallest absolute Gasteiger partial charge is 0.306 e. The molecule has 6 nitrogen and oxygen atoms in total. The van der Waals surface area contributed by atoms with E-state index >= 15 is 0 Å².